The van der Waals surface area contributed by atoms with Crippen LogP contribution in [0.25, 0.3) is 0 Å². The summed E-state index contributed by atoms with van der Waals surface area (Å²) >= 11 is 0. The first-order valence-corrected chi connectivity index (χ1v) is 7.68. The van der Waals surface area contributed by atoms with Crippen molar-refractivity contribution < 1.29 is 32.9 Å². The molecule has 132 valence electrons. The highest BCUT2D eigenvalue weighted by Gasteiger charge is 2.49. The molecule has 6 nitrogen and oxygen atoms in total. The molecule has 1 saturated heterocycles. The first kappa shape index (κ1) is 18.4. The predicted octanol–water partition coefficient (Wildman–Crippen LogP) is 2.15. The molecule has 1 aromatic carbocycles. The van der Waals surface area contributed by atoms with Crippen molar-refractivity contribution in [3.63, 3.8) is 0 Å². The Balaban J connectivity index is 2.08. The Bertz CT molecular complexity index is 563. The Kier molecular flexibility index (Phi) is 6.28. The predicted molar refractivity (Wildman–Crippen MR) is 81.6 cm³/mol. The maximum absolute atomic E-state index is 14.7. The smallest absolute Gasteiger partial charge is 0.303 e. The second-order valence-corrected chi connectivity index (χ2v) is 5.60. The van der Waals surface area contributed by atoms with Crippen LogP contribution in [0.1, 0.15) is 26.3 Å². The third-order valence-corrected chi connectivity index (χ3v) is 3.57. The van der Waals surface area contributed by atoms with Gasteiger partial charge in [-0.05, 0) is 12.5 Å². The molecule has 1 aliphatic heterocycles. The number of esters is 2. The Morgan fingerprint density at radius 3 is 2.25 bits per heavy atom. The third kappa shape index (κ3) is 4.75. The van der Waals surface area contributed by atoms with Crippen LogP contribution < -0.4 is 0 Å². The summed E-state index contributed by atoms with van der Waals surface area (Å²) in [5.41, 5.74) is 0.854. The number of benzene rings is 1. The summed E-state index contributed by atoms with van der Waals surface area (Å²) in [5.74, 6) is -1.28. The molecular weight excluding hydrogens is 319 g/mol. The number of carbonyl (C=O) groups excluding carboxylic acids is 2. The van der Waals surface area contributed by atoms with Crippen LogP contribution >= 0.6 is 0 Å². The summed E-state index contributed by atoms with van der Waals surface area (Å²) in [5, 5.41) is 0. The summed E-state index contributed by atoms with van der Waals surface area (Å²) in [6, 6.07) is 9.22. The zero-order chi connectivity index (χ0) is 17.7. The molecule has 5 atom stereocenters. The summed E-state index contributed by atoms with van der Waals surface area (Å²) in [7, 11) is 0. The molecule has 0 amide bonds. The average Bonchev–Trinajstić information content (AvgIpc) is 2.53. The normalized spacial score (nSPS) is 29.8. The molecular formula is C17H21FO6. The average molecular weight is 340 g/mol. The fraction of sp³-hybridized carbons (Fsp3) is 0.529. The second-order valence-electron chi connectivity index (χ2n) is 5.60. The van der Waals surface area contributed by atoms with Crippen molar-refractivity contribution in [2.75, 3.05) is 0 Å². The molecule has 2 rings (SSSR count). The maximum atomic E-state index is 14.7. The van der Waals surface area contributed by atoms with Crippen molar-refractivity contribution in [2.24, 2.45) is 0 Å². The van der Waals surface area contributed by atoms with Gasteiger partial charge in [-0.15, -0.1) is 0 Å². The SMILES string of the molecule is CC(=O)O[C@H]1[C@@H](F)[C@@H](OCc2ccccc2)O[C@@H](C)[C@H]1OC(C)=O. The molecule has 1 aliphatic rings. The fourth-order valence-corrected chi connectivity index (χ4v) is 2.53. The lowest BCUT2D eigenvalue weighted by Crippen LogP contribution is -2.58. The molecule has 7 heteroatoms. The molecule has 1 fully saturated rings. The van der Waals surface area contributed by atoms with Gasteiger partial charge in [-0.1, -0.05) is 30.3 Å². The first-order chi connectivity index (χ1) is 11.4. The van der Waals surface area contributed by atoms with Crippen LogP contribution in [0.5, 0.6) is 0 Å². The van der Waals surface area contributed by atoms with Crippen LogP contribution in [0.4, 0.5) is 4.39 Å². The van der Waals surface area contributed by atoms with Gasteiger partial charge in [-0.25, -0.2) is 4.39 Å². The van der Waals surface area contributed by atoms with Gasteiger partial charge in [0.05, 0.1) is 12.7 Å². The van der Waals surface area contributed by atoms with Gasteiger partial charge in [0.15, 0.2) is 24.7 Å². The minimum absolute atomic E-state index is 0.143. The highest BCUT2D eigenvalue weighted by Crippen LogP contribution is 2.29. The minimum Gasteiger partial charge on any atom is -0.456 e. The number of hydrogen-bond acceptors (Lipinski definition) is 6. The van der Waals surface area contributed by atoms with Gasteiger partial charge in [-0.3, -0.25) is 9.59 Å². The zero-order valence-corrected chi connectivity index (χ0v) is 13.8. The van der Waals surface area contributed by atoms with Gasteiger partial charge in [0.1, 0.15) is 0 Å². The molecule has 0 bridgehead atoms. The van der Waals surface area contributed by atoms with Gasteiger partial charge in [0, 0.05) is 13.8 Å². The highest BCUT2D eigenvalue weighted by molar-refractivity contribution is 5.67. The monoisotopic (exact) mass is 340 g/mol. The van der Waals surface area contributed by atoms with E-state index in [1.54, 1.807) is 6.92 Å². The first-order valence-electron chi connectivity index (χ1n) is 7.68. The lowest BCUT2D eigenvalue weighted by molar-refractivity contribution is -0.286. The molecule has 0 aliphatic carbocycles. The topological polar surface area (TPSA) is 71.1 Å². The van der Waals surface area contributed by atoms with Crippen LogP contribution in [-0.2, 0) is 35.1 Å². The van der Waals surface area contributed by atoms with Crippen molar-refractivity contribution >= 4 is 11.9 Å². The molecule has 0 spiro atoms. The van der Waals surface area contributed by atoms with Crippen LogP contribution in [-0.4, -0.2) is 42.7 Å². The number of halogens is 1. The molecule has 24 heavy (non-hydrogen) atoms. The van der Waals surface area contributed by atoms with E-state index in [9.17, 15) is 14.0 Å². The van der Waals surface area contributed by atoms with E-state index in [1.807, 2.05) is 30.3 Å². The quantitative estimate of drug-likeness (QED) is 0.765. The lowest BCUT2D eigenvalue weighted by atomic mass is 10.00. The molecule has 1 heterocycles. The number of alkyl halides is 1. The second kappa shape index (κ2) is 8.21. The Hall–Kier alpha value is -1.99. The van der Waals surface area contributed by atoms with E-state index in [4.69, 9.17) is 18.9 Å². The van der Waals surface area contributed by atoms with Crippen molar-refractivity contribution in [1.29, 1.82) is 0 Å². The molecule has 0 saturated carbocycles. The van der Waals surface area contributed by atoms with Gasteiger partial charge < -0.3 is 18.9 Å². The van der Waals surface area contributed by atoms with E-state index in [1.165, 1.54) is 6.92 Å². The van der Waals surface area contributed by atoms with Crippen LogP contribution in [0.15, 0.2) is 30.3 Å². The summed E-state index contributed by atoms with van der Waals surface area (Å²) in [6.07, 6.45) is -6.01. The lowest BCUT2D eigenvalue weighted by Gasteiger charge is -2.41. The van der Waals surface area contributed by atoms with Crippen molar-refractivity contribution in [3.8, 4) is 0 Å². The maximum Gasteiger partial charge on any atom is 0.303 e. The van der Waals surface area contributed by atoms with Gasteiger partial charge >= 0.3 is 11.9 Å². The highest BCUT2D eigenvalue weighted by atomic mass is 19.1. The van der Waals surface area contributed by atoms with E-state index in [2.05, 4.69) is 0 Å². The van der Waals surface area contributed by atoms with Crippen LogP contribution in [0.2, 0.25) is 0 Å². The summed E-state index contributed by atoms with van der Waals surface area (Å²) in [6.45, 7) is 4.11. The largest absolute Gasteiger partial charge is 0.456 e. The van der Waals surface area contributed by atoms with E-state index in [0.29, 0.717) is 0 Å². The van der Waals surface area contributed by atoms with Gasteiger partial charge in [0.25, 0.3) is 0 Å². The van der Waals surface area contributed by atoms with E-state index in [-0.39, 0.29) is 6.61 Å². The molecule has 0 aromatic heterocycles. The van der Waals surface area contributed by atoms with Crippen molar-refractivity contribution in [3.05, 3.63) is 35.9 Å². The van der Waals surface area contributed by atoms with E-state index < -0.39 is 42.7 Å². The minimum atomic E-state index is -1.78. The van der Waals surface area contributed by atoms with Crippen LogP contribution in [0.3, 0.4) is 0 Å². The molecule has 1 aromatic rings. The number of carbonyl (C=O) groups is 2. The number of hydrogen-bond donors (Lipinski definition) is 0. The fourth-order valence-electron chi connectivity index (χ4n) is 2.53. The standard InChI is InChI=1S/C17H21FO6/c1-10-15(23-11(2)19)16(24-12(3)20)14(18)17(22-10)21-9-13-7-5-4-6-8-13/h4-8,10,14-17H,9H2,1-3H3/t10-,14+,15+,16-,17-/m0/s1. The van der Waals surface area contributed by atoms with Crippen LogP contribution in [0, 0.1) is 0 Å². The molecule has 0 N–H and O–H groups in total. The number of ether oxygens (including phenoxy) is 4. The Morgan fingerprint density at radius 1 is 1.08 bits per heavy atom. The van der Waals surface area contributed by atoms with E-state index >= 15 is 0 Å². The van der Waals surface area contributed by atoms with Gasteiger partial charge in [0.2, 0.25) is 0 Å². The number of rotatable bonds is 5. The molecule has 0 unspecified atom stereocenters. The van der Waals surface area contributed by atoms with Crippen molar-refractivity contribution in [1.82, 2.24) is 0 Å². The van der Waals surface area contributed by atoms with E-state index in [0.717, 1.165) is 12.5 Å². The Morgan fingerprint density at radius 2 is 1.67 bits per heavy atom. The third-order valence-electron chi connectivity index (χ3n) is 3.57. The Labute approximate surface area is 139 Å². The summed E-state index contributed by atoms with van der Waals surface area (Å²) in [4.78, 5) is 22.5. The zero-order valence-electron chi connectivity index (χ0n) is 13.8. The van der Waals surface area contributed by atoms with Gasteiger partial charge in [-0.2, -0.15) is 0 Å². The van der Waals surface area contributed by atoms with Crippen molar-refractivity contribution in [2.45, 2.75) is 58.2 Å². The summed E-state index contributed by atoms with van der Waals surface area (Å²) < 4.78 is 35.8. The molecule has 0 radical (unpaired) electrons.